The number of hydrogen-bond acceptors (Lipinski definition) is 3. The van der Waals surface area contributed by atoms with Gasteiger partial charge in [0.1, 0.15) is 0 Å². The maximum atomic E-state index is 12.2. The number of nitrogens with zero attached hydrogens (tertiary/aromatic N) is 1. The number of amides is 1. The van der Waals surface area contributed by atoms with Gasteiger partial charge in [0, 0.05) is 13.7 Å². The summed E-state index contributed by atoms with van der Waals surface area (Å²) < 4.78 is 5.47. The van der Waals surface area contributed by atoms with E-state index in [9.17, 15) is 4.79 Å². The van der Waals surface area contributed by atoms with E-state index in [0.717, 1.165) is 25.9 Å². The summed E-state index contributed by atoms with van der Waals surface area (Å²) >= 11 is 0. The van der Waals surface area contributed by atoms with Crippen LogP contribution in [0.15, 0.2) is 0 Å². The Morgan fingerprint density at radius 2 is 2.25 bits per heavy atom. The summed E-state index contributed by atoms with van der Waals surface area (Å²) in [6, 6.07) is 0.173. The fourth-order valence-corrected chi connectivity index (χ4v) is 2.41. The topological polar surface area (TPSA) is 55.6 Å². The average Bonchev–Trinajstić information content (AvgIpc) is 2.62. The molecule has 3 unspecified atom stereocenters. The van der Waals surface area contributed by atoms with Crippen LogP contribution in [0.5, 0.6) is 0 Å². The van der Waals surface area contributed by atoms with Crippen LogP contribution < -0.4 is 5.73 Å². The van der Waals surface area contributed by atoms with Gasteiger partial charge in [0.2, 0.25) is 5.91 Å². The molecule has 1 heterocycles. The third-order valence-electron chi connectivity index (χ3n) is 3.41. The average molecular weight is 228 g/mol. The van der Waals surface area contributed by atoms with Crippen LogP contribution in [0.3, 0.4) is 0 Å². The second kappa shape index (κ2) is 5.15. The van der Waals surface area contributed by atoms with Crippen LogP contribution in [0.25, 0.3) is 0 Å². The van der Waals surface area contributed by atoms with Gasteiger partial charge in [0.15, 0.2) is 0 Å². The number of rotatable bonds is 4. The van der Waals surface area contributed by atoms with Gasteiger partial charge < -0.3 is 15.4 Å². The Morgan fingerprint density at radius 1 is 1.62 bits per heavy atom. The summed E-state index contributed by atoms with van der Waals surface area (Å²) in [4.78, 5) is 14.0. The number of nitrogens with two attached hydrogens (primary N) is 1. The quantitative estimate of drug-likeness (QED) is 0.785. The molecule has 1 rings (SSSR count). The molecule has 1 amide bonds. The molecule has 1 saturated heterocycles. The van der Waals surface area contributed by atoms with E-state index in [4.69, 9.17) is 10.5 Å². The van der Waals surface area contributed by atoms with Gasteiger partial charge in [-0.25, -0.2) is 0 Å². The summed E-state index contributed by atoms with van der Waals surface area (Å²) in [5.41, 5.74) is 5.31. The second-order valence-corrected chi connectivity index (χ2v) is 5.02. The first kappa shape index (κ1) is 13.5. The number of carbonyl (C=O) groups is 1. The zero-order chi connectivity index (χ0) is 12.3. The van der Waals surface area contributed by atoms with Crippen LogP contribution in [-0.2, 0) is 9.53 Å². The molecule has 1 fully saturated rings. The van der Waals surface area contributed by atoms with Crippen molar-refractivity contribution in [1.82, 2.24) is 4.90 Å². The SMILES string of the molecule is CCCC(C)(N)C(=O)N(C)C1CCOC1C. The molecule has 2 N–H and O–H groups in total. The largest absolute Gasteiger partial charge is 0.376 e. The summed E-state index contributed by atoms with van der Waals surface area (Å²) in [6.45, 7) is 6.60. The molecule has 4 nitrogen and oxygen atoms in total. The first-order valence-electron chi connectivity index (χ1n) is 6.08. The molecular formula is C12H24N2O2. The van der Waals surface area contributed by atoms with E-state index in [1.165, 1.54) is 0 Å². The predicted octanol–water partition coefficient (Wildman–Crippen LogP) is 1.14. The molecule has 0 bridgehead atoms. The van der Waals surface area contributed by atoms with Crippen LogP contribution in [-0.4, -0.2) is 42.1 Å². The van der Waals surface area contributed by atoms with Crippen molar-refractivity contribution in [3.05, 3.63) is 0 Å². The lowest BCUT2D eigenvalue weighted by Crippen LogP contribution is -2.55. The van der Waals surface area contributed by atoms with E-state index in [0.29, 0.717) is 0 Å². The number of hydrogen-bond donors (Lipinski definition) is 1. The van der Waals surface area contributed by atoms with Gasteiger partial charge in [-0.2, -0.15) is 0 Å². The van der Waals surface area contributed by atoms with Gasteiger partial charge in [-0.3, -0.25) is 4.79 Å². The lowest BCUT2D eigenvalue weighted by Gasteiger charge is -2.34. The molecule has 0 radical (unpaired) electrons. The van der Waals surface area contributed by atoms with Crippen molar-refractivity contribution in [2.24, 2.45) is 5.73 Å². The van der Waals surface area contributed by atoms with Gasteiger partial charge >= 0.3 is 0 Å². The molecule has 0 saturated carbocycles. The highest BCUT2D eigenvalue weighted by Crippen LogP contribution is 2.21. The summed E-state index contributed by atoms with van der Waals surface area (Å²) in [5.74, 6) is 0.0247. The fourth-order valence-electron chi connectivity index (χ4n) is 2.41. The van der Waals surface area contributed by atoms with Crippen LogP contribution in [0.2, 0.25) is 0 Å². The molecule has 0 spiro atoms. The fraction of sp³-hybridized carbons (Fsp3) is 0.917. The Morgan fingerprint density at radius 3 is 2.69 bits per heavy atom. The Hall–Kier alpha value is -0.610. The number of ether oxygens (including phenoxy) is 1. The lowest BCUT2D eigenvalue weighted by molar-refractivity contribution is -0.138. The molecule has 0 aliphatic carbocycles. The lowest BCUT2D eigenvalue weighted by atomic mass is 9.94. The minimum atomic E-state index is -0.744. The summed E-state index contributed by atoms with van der Waals surface area (Å²) in [6.07, 6.45) is 2.67. The normalized spacial score (nSPS) is 28.8. The Kier molecular flexibility index (Phi) is 4.33. The molecule has 4 heteroatoms. The van der Waals surface area contributed by atoms with Crippen molar-refractivity contribution in [3.63, 3.8) is 0 Å². The first-order valence-corrected chi connectivity index (χ1v) is 6.08. The van der Waals surface area contributed by atoms with Crippen molar-refractivity contribution in [2.75, 3.05) is 13.7 Å². The highest BCUT2D eigenvalue weighted by molar-refractivity contribution is 5.85. The van der Waals surface area contributed by atoms with E-state index in [2.05, 4.69) is 0 Å². The van der Waals surface area contributed by atoms with Crippen LogP contribution in [0.1, 0.15) is 40.0 Å². The monoisotopic (exact) mass is 228 g/mol. The molecule has 0 aromatic carbocycles. The number of likely N-dealkylation sites (N-methyl/N-ethyl adjacent to an activating group) is 1. The van der Waals surface area contributed by atoms with Gasteiger partial charge in [-0.05, 0) is 26.7 Å². The van der Waals surface area contributed by atoms with Crippen LogP contribution >= 0.6 is 0 Å². The summed E-state index contributed by atoms with van der Waals surface area (Å²) in [5, 5.41) is 0. The predicted molar refractivity (Wildman–Crippen MR) is 64.1 cm³/mol. The molecular weight excluding hydrogens is 204 g/mol. The highest BCUT2D eigenvalue weighted by atomic mass is 16.5. The van der Waals surface area contributed by atoms with E-state index >= 15 is 0 Å². The Balaban J connectivity index is 2.66. The van der Waals surface area contributed by atoms with E-state index in [-0.39, 0.29) is 18.1 Å². The van der Waals surface area contributed by atoms with Crippen molar-refractivity contribution >= 4 is 5.91 Å². The van der Waals surface area contributed by atoms with Gasteiger partial charge in [0.05, 0.1) is 17.7 Å². The molecule has 0 aromatic heterocycles. The minimum absolute atomic E-state index is 0.0247. The van der Waals surface area contributed by atoms with E-state index in [1.54, 1.807) is 4.90 Å². The van der Waals surface area contributed by atoms with Crippen molar-refractivity contribution < 1.29 is 9.53 Å². The Labute approximate surface area is 98.1 Å². The van der Waals surface area contributed by atoms with Crippen LogP contribution in [0.4, 0.5) is 0 Å². The van der Waals surface area contributed by atoms with E-state index in [1.807, 2.05) is 27.8 Å². The van der Waals surface area contributed by atoms with Gasteiger partial charge in [0.25, 0.3) is 0 Å². The standard InChI is InChI=1S/C12H24N2O2/c1-5-7-12(3,13)11(15)14(4)10-6-8-16-9(10)2/h9-10H,5-8,13H2,1-4H3. The smallest absolute Gasteiger partial charge is 0.242 e. The zero-order valence-electron chi connectivity index (χ0n) is 10.8. The van der Waals surface area contributed by atoms with Gasteiger partial charge in [-0.1, -0.05) is 13.3 Å². The molecule has 94 valence electrons. The number of carbonyl (C=O) groups excluding carboxylic acids is 1. The maximum absolute atomic E-state index is 12.2. The minimum Gasteiger partial charge on any atom is -0.376 e. The molecule has 1 aliphatic rings. The maximum Gasteiger partial charge on any atom is 0.242 e. The third-order valence-corrected chi connectivity index (χ3v) is 3.41. The zero-order valence-corrected chi connectivity index (χ0v) is 10.8. The second-order valence-electron chi connectivity index (χ2n) is 5.02. The molecule has 3 atom stereocenters. The molecule has 16 heavy (non-hydrogen) atoms. The first-order chi connectivity index (χ1) is 7.40. The van der Waals surface area contributed by atoms with Crippen molar-refractivity contribution in [2.45, 2.75) is 57.7 Å². The third kappa shape index (κ3) is 2.74. The van der Waals surface area contributed by atoms with Crippen molar-refractivity contribution in [1.29, 1.82) is 0 Å². The van der Waals surface area contributed by atoms with Gasteiger partial charge in [-0.15, -0.1) is 0 Å². The van der Waals surface area contributed by atoms with Crippen LogP contribution in [0, 0.1) is 0 Å². The van der Waals surface area contributed by atoms with Crippen molar-refractivity contribution in [3.8, 4) is 0 Å². The molecule has 1 aliphatic heterocycles. The molecule has 0 aromatic rings. The van der Waals surface area contributed by atoms with E-state index < -0.39 is 5.54 Å². The highest BCUT2D eigenvalue weighted by Gasteiger charge is 2.37. The Bertz CT molecular complexity index is 253. The summed E-state index contributed by atoms with van der Waals surface area (Å²) in [7, 11) is 1.83.